The van der Waals surface area contributed by atoms with Crippen LogP contribution < -0.4 is 5.46 Å². The zero-order valence-electron chi connectivity index (χ0n) is 16.7. The number of benzene rings is 3. The van der Waals surface area contributed by atoms with Crippen molar-refractivity contribution in [3.63, 3.8) is 0 Å². The number of aryl methyl sites for hydroxylation is 3. The third-order valence-electron chi connectivity index (χ3n) is 4.58. The van der Waals surface area contributed by atoms with Crippen LogP contribution in [0.2, 0.25) is 6.82 Å². The van der Waals surface area contributed by atoms with E-state index in [2.05, 4.69) is 42.7 Å². The van der Waals surface area contributed by atoms with Crippen molar-refractivity contribution in [1.29, 1.82) is 0 Å². The molecule has 28 heavy (non-hydrogen) atoms. The number of rotatable bonds is 1. The maximum absolute atomic E-state index is 13.9. The number of halogens is 1. The molecule has 0 aliphatic heterocycles. The van der Waals surface area contributed by atoms with E-state index in [1.165, 1.54) is 11.6 Å². The molecular formula is C26H21BF. The first-order valence-electron chi connectivity index (χ1n) is 9.27. The lowest BCUT2D eigenvalue weighted by Gasteiger charge is -2.04. The Kier molecular flexibility index (Phi) is 6.03. The summed E-state index contributed by atoms with van der Waals surface area (Å²) in [6, 6.07) is 17.3. The largest absolute Gasteiger partial charge is 0.208 e. The first kappa shape index (κ1) is 19.5. The number of hydrogen-bond donors (Lipinski definition) is 0. The highest BCUT2D eigenvalue weighted by molar-refractivity contribution is 6.52. The van der Waals surface area contributed by atoms with E-state index in [1.807, 2.05) is 51.0 Å². The molecule has 0 aliphatic rings. The third kappa shape index (κ3) is 4.73. The van der Waals surface area contributed by atoms with E-state index in [0.717, 1.165) is 27.8 Å². The number of hydrogen-bond acceptors (Lipinski definition) is 0. The fourth-order valence-electron chi connectivity index (χ4n) is 2.99. The van der Waals surface area contributed by atoms with Gasteiger partial charge >= 0.3 is 0 Å². The van der Waals surface area contributed by atoms with Crippen LogP contribution in [0.4, 0.5) is 4.39 Å². The van der Waals surface area contributed by atoms with Crippen molar-refractivity contribution in [2.75, 3.05) is 0 Å². The van der Waals surface area contributed by atoms with Gasteiger partial charge in [0.2, 0.25) is 0 Å². The minimum absolute atomic E-state index is 0.247. The molecule has 0 heterocycles. The van der Waals surface area contributed by atoms with Gasteiger partial charge in [-0.25, -0.2) is 4.39 Å². The molecule has 3 rings (SSSR count). The fourth-order valence-corrected chi connectivity index (χ4v) is 2.99. The standard InChI is InChI=1S/C26H21BF/c1-18-5-7-21(8-6-18)11-13-24-19(2)15-23(16-20(24)3)10-9-22-12-14-25(27-4)26(28)17-22/h5-8,12,14-17H,1-4H3. The van der Waals surface area contributed by atoms with E-state index in [1.54, 1.807) is 13.3 Å². The van der Waals surface area contributed by atoms with Crippen molar-refractivity contribution in [3.8, 4) is 23.7 Å². The average Bonchev–Trinajstić information content (AvgIpc) is 2.67. The van der Waals surface area contributed by atoms with Crippen molar-refractivity contribution in [1.82, 2.24) is 0 Å². The highest BCUT2D eigenvalue weighted by Gasteiger charge is 2.03. The predicted molar refractivity (Wildman–Crippen MR) is 117 cm³/mol. The molecular weight excluding hydrogens is 342 g/mol. The van der Waals surface area contributed by atoms with Crippen LogP contribution in [0, 0.1) is 50.3 Å². The molecule has 0 spiro atoms. The Labute approximate surface area is 168 Å². The Morgan fingerprint density at radius 1 is 0.679 bits per heavy atom. The maximum atomic E-state index is 13.9. The first-order chi connectivity index (χ1) is 13.5. The van der Waals surface area contributed by atoms with Crippen LogP contribution in [0.15, 0.2) is 54.6 Å². The van der Waals surface area contributed by atoms with Gasteiger partial charge in [-0.3, -0.25) is 0 Å². The second-order valence-corrected chi connectivity index (χ2v) is 6.88. The summed E-state index contributed by atoms with van der Waals surface area (Å²) in [7, 11) is 1.75. The average molecular weight is 363 g/mol. The Morgan fingerprint density at radius 2 is 1.25 bits per heavy atom. The molecule has 3 aromatic rings. The quantitative estimate of drug-likeness (QED) is 0.425. The molecule has 0 aliphatic carbocycles. The second kappa shape index (κ2) is 8.64. The molecule has 2 heteroatoms. The van der Waals surface area contributed by atoms with Gasteiger partial charge in [-0.15, -0.1) is 0 Å². The Balaban J connectivity index is 1.87. The molecule has 0 fully saturated rings. The molecule has 0 saturated heterocycles. The van der Waals surface area contributed by atoms with Crippen LogP contribution in [0.25, 0.3) is 0 Å². The van der Waals surface area contributed by atoms with Gasteiger partial charge in [-0.2, -0.15) is 0 Å². The molecule has 0 unspecified atom stereocenters. The maximum Gasteiger partial charge on any atom is 0.152 e. The molecule has 0 bridgehead atoms. The molecule has 3 aromatic carbocycles. The Morgan fingerprint density at radius 3 is 1.86 bits per heavy atom. The highest BCUT2D eigenvalue weighted by atomic mass is 19.1. The van der Waals surface area contributed by atoms with Crippen LogP contribution in [0.5, 0.6) is 0 Å². The zero-order valence-corrected chi connectivity index (χ0v) is 16.7. The van der Waals surface area contributed by atoms with Gasteiger partial charge in [0.05, 0.1) is 0 Å². The summed E-state index contributed by atoms with van der Waals surface area (Å²) in [5, 5.41) is 0. The lowest BCUT2D eigenvalue weighted by atomic mass is 9.73. The Hall–Kier alpha value is -3.23. The molecule has 1 radical (unpaired) electrons. The summed E-state index contributed by atoms with van der Waals surface area (Å²) >= 11 is 0. The van der Waals surface area contributed by atoms with Gasteiger partial charge in [0, 0.05) is 22.3 Å². The van der Waals surface area contributed by atoms with Crippen LogP contribution >= 0.6 is 0 Å². The van der Waals surface area contributed by atoms with Crippen LogP contribution in [0.3, 0.4) is 0 Å². The van der Waals surface area contributed by atoms with Crippen molar-refractivity contribution in [3.05, 3.63) is 99.4 Å². The second-order valence-electron chi connectivity index (χ2n) is 6.88. The monoisotopic (exact) mass is 363 g/mol. The van der Waals surface area contributed by atoms with Crippen LogP contribution in [-0.4, -0.2) is 7.28 Å². The van der Waals surface area contributed by atoms with E-state index < -0.39 is 0 Å². The van der Waals surface area contributed by atoms with Gasteiger partial charge in [-0.05, 0) is 68.3 Å². The minimum Gasteiger partial charge on any atom is -0.208 e. The summed E-state index contributed by atoms with van der Waals surface area (Å²) in [4.78, 5) is 0. The third-order valence-corrected chi connectivity index (χ3v) is 4.58. The summed E-state index contributed by atoms with van der Waals surface area (Å²) in [6.45, 7) is 7.97. The van der Waals surface area contributed by atoms with Crippen LogP contribution in [-0.2, 0) is 0 Å². The van der Waals surface area contributed by atoms with Crippen molar-refractivity contribution >= 4 is 12.7 Å². The van der Waals surface area contributed by atoms with Gasteiger partial charge < -0.3 is 0 Å². The van der Waals surface area contributed by atoms with E-state index in [4.69, 9.17) is 0 Å². The lowest BCUT2D eigenvalue weighted by Crippen LogP contribution is -2.15. The van der Waals surface area contributed by atoms with Gasteiger partial charge in [-0.1, -0.05) is 59.7 Å². The summed E-state index contributed by atoms with van der Waals surface area (Å²) in [5.74, 6) is 12.5. The fraction of sp³-hybridized carbons (Fsp3) is 0.154. The molecule has 0 amide bonds. The molecule has 0 N–H and O–H groups in total. The normalized spacial score (nSPS) is 9.75. The van der Waals surface area contributed by atoms with Crippen molar-refractivity contribution in [2.24, 2.45) is 0 Å². The van der Waals surface area contributed by atoms with E-state index in [9.17, 15) is 4.39 Å². The first-order valence-corrected chi connectivity index (χ1v) is 9.27. The topological polar surface area (TPSA) is 0 Å². The summed E-state index contributed by atoms with van der Waals surface area (Å²) in [5.41, 5.74) is 7.60. The SMILES string of the molecule is C[B]c1ccc(C#Cc2cc(C)c(C#Cc3ccc(C)cc3)c(C)c2)cc1F. The van der Waals surface area contributed by atoms with Crippen LogP contribution in [0.1, 0.15) is 38.9 Å². The van der Waals surface area contributed by atoms with Gasteiger partial charge in [0.15, 0.2) is 7.28 Å². The molecule has 0 saturated carbocycles. The highest BCUT2D eigenvalue weighted by Crippen LogP contribution is 2.16. The Bertz CT molecular complexity index is 1110. The lowest BCUT2D eigenvalue weighted by molar-refractivity contribution is 0.635. The minimum atomic E-state index is -0.247. The van der Waals surface area contributed by atoms with E-state index >= 15 is 0 Å². The van der Waals surface area contributed by atoms with Gasteiger partial charge in [0.25, 0.3) is 0 Å². The van der Waals surface area contributed by atoms with E-state index in [0.29, 0.717) is 11.0 Å². The molecule has 0 atom stereocenters. The van der Waals surface area contributed by atoms with E-state index in [-0.39, 0.29) is 5.82 Å². The smallest absolute Gasteiger partial charge is 0.152 e. The van der Waals surface area contributed by atoms with Crippen molar-refractivity contribution < 1.29 is 4.39 Å². The summed E-state index contributed by atoms with van der Waals surface area (Å²) < 4.78 is 13.9. The molecule has 0 nitrogen and oxygen atoms in total. The van der Waals surface area contributed by atoms with Crippen molar-refractivity contribution in [2.45, 2.75) is 27.6 Å². The zero-order chi connectivity index (χ0) is 20.1. The summed E-state index contributed by atoms with van der Waals surface area (Å²) in [6.07, 6.45) is 0. The molecule has 0 aromatic heterocycles. The molecule has 135 valence electrons. The van der Waals surface area contributed by atoms with Gasteiger partial charge in [0.1, 0.15) is 5.82 Å². The predicted octanol–water partition coefficient (Wildman–Crippen LogP) is 4.93.